The third kappa shape index (κ3) is 4.66. The summed E-state index contributed by atoms with van der Waals surface area (Å²) in [5.74, 6) is -1.22. The van der Waals surface area contributed by atoms with Crippen LogP contribution in [0.15, 0.2) is 47.4 Å². The van der Waals surface area contributed by atoms with Gasteiger partial charge in [-0.25, -0.2) is 18.4 Å². The highest BCUT2D eigenvalue weighted by Gasteiger charge is 2.22. The molecule has 8 heteroatoms. The number of halogens is 1. The van der Waals surface area contributed by atoms with Gasteiger partial charge in [-0.3, -0.25) is 4.79 Å². The van der Waals surface area contributed by atoms with Crippen molar-refractivity contribution < 1.29 is 22.7 Å². The molecular weight excluding hydrogens is 366 g/mol. The molecule has 0 fully saturated rings. The van der Waals surface area contributed by atoms with Crippen LogP contribution in [0.1, 0.15) is 33.2 Å². The summed E-state index contributed by atoms with van der Waals surface area (Å²) < 4.78 is 28.0. The highest BCUT2D eigenvalue weighted by atomic mass is 35.5. The highest BCUT2D eigenvalue weighted by molar-refractivity contribution is 7.89. The molecule has 0 aliphatic heterocycles. The molecule has 0 unspecified atom stereocenters. The van der Waals surface area contributed by atoms with Crippen molar-refractivity contribution in [1.29, 1.82) is 0 Å². The second-order valence-electron chi connectivity index (χ2n) is 5.47. The van der Waals surface area contributed by atoms with Gasteiger partial charge in [-0.05, 0) is 32.0 Å². The summed E-state index contributed by atoms with van der Waals surface area (Å²) in [6.07, 6.45) is -1.04. The van der Waals surface area contributed by atoms with Crippen molar-refractivity contribution in [3.63, 3.8) is 0 Å². The van der Waals surface area contributed by atoms with Gasteiger partial charge in [0.05, 0.1) is 10.6 Å². The smallest absolute Gasteiger partial charge is 0.338 e. The van der Waals surface area contributed by atoms with Crippen LogP contribution < -0.4 is 5.14 Å². The minimum absolute atomic E-state index is 0.0722. The maximum atomic E-state index is 12.3. The van der Waals surface area contributed by atoms with Gasteiger partial charge in [-0.15, -0.1) is 0 Å². The summed E-state index contributed by atoms with van der Waals surface area (Å²) in [6.45, 7) is 3.33. The molecule has 1 atom stereocenters. The van der Waals surface area contributed by atoms with Crippen LogP contribution in [0.2, 0.25) is 5.02 Å². The van der Waals surface area contributed by atoms with Gasteiger partial charge in [0.15, 0.2) is 6.10 Å². The monoisotopic (exact) mass is 381 g/mol. The molecule has 0 radical (unpaired) electrons. The summed E-state index contributed by atoms with van der Waals surface area (Å²) in [5, 5.41) is 4.94. The number of ether oxygens (including phenoxy) is 1. The number of aryl methyl sites for hydroxylation is 1. The number of nitrogens with two attached hydrogens (primary N) is 1. The molecule has 0 amide bonds. The van der Waals surface area contributed by atoms with E-state index in [0.29, 0.717) is 5.56 Å². The Labute approximate surface area is 150 Å². The summed E-state index contributed by atoms with van der Waals surface area (Å²) in [5.41, 5.74) is 1.34. The molecule has 0 aliphatic rings. The minimum Gasteiger partial charge on any atom is -0.451 e. The number of primary sulfonamides is 1. The van der Waals surface area contributed by atoms with E-state index in [1.54, 1.807) is 24.3 Å². The maximum Gasteiger partial charge on any atom is 0.338 e. The number of esters is 1. The fourth-order valence-electron chi connectivity index (χ4n) is 2.08. The molecule has 2 rings (SSSR count). The van der Waals surface area contributed by atoms with Gasteiger partial charge in [0.25, 0.3) is 0 Å². The Morgan fingerprint density at radius 2 is 1.64 bits per heavy atom. The lowest BCUT2D eigenvalue weighted by molar-refractivity contribution is 0.0318. The molecular formula is C17H16ClNO5S. The number of ketones is 1. The van der Waals surface area contributed by atoms with Crippen LogP contribution in [0.5, 0.6) is 0 Å². The first-order valence-electron chi connectivity index (χ1n) is 7.24. The van der Waals surface area contributed by atoms with Crippen molar-refractivity contribution >= 4 is 33.4 Å². The number of benzene rings is 2. The van der Waals surface area contributed by atoms with E-state index in [9.17, 15) is 18.0 Å². The average Bonchev–Trinajstić information content (AvgIpc) is 2.54. The predicted molar refractivity (Wildman–Crippen MR) is 93.2 cm³/mol. The number of rotatable bonds is 5. The standard InChI is InChI=1S/C17H16ClNO5S/c1-10-3-5-12(6-4-10)16(20)11(2)24-17(21)13-7-8-14(18)15(9-13)25(19,22)23/h3-9,11H,1-2H3,(H2,19,22,23)/t11-/m1/s1. The van der Waals surface area contributed by atoms with Crippen LogP contribution in [0.3, 0.4) is 0 Å². The zero-order valence-electron chi connectivity index (χ0n) is 13.5. The fraction of sp³-hybridized carbons (Fsp3) is 0.176. The van der Waals surface area contributed by atoms with Crippen molar-refractivity contribution in [2.24, 2.45) is 5.14 Å². The van der Waals surface area contributed by atoms with Crippen molar-refractivity contribution in [3.05, 3.63) is 64.2 Å². The first kappa shape index (κ1) is 19.1. The van der Waals surface area contributed by atoms with Gasteiger partial charge >= 0.3 is 5.97 Å². The van der Waals surface area contributed by atoms with Crippen molar-refractivity contribution in [2.45, 2.75) is 24.8 Å². The number of carbonyl (C=O) groups is 2. The summed E-state index contributed by atoms with van der Waals surface area (Å²) in [7, 11) is -4.09. The maximum absolute atomic E-state index is 12.3. The summed E-state index contributed by atoms with van der Waals surface area (Å²) >= 11 is 5.77. The molecule has 6 nitrogen and oxygen atoms in total. The van der Waals surface area contributed by atoms with E-state index in [1.165, 1.54) is 19.1 Å². The van der Waals surface area contributed by atoms with E-state index in [2.05, 4.69) is 0 Å². The molecule has 132 valence electrons. The van der Waals surface area contributed by atoms with Gasteiger partial charge in [0, 0.05) is 5.56 Å². The third-order valence-electron chi connectivity index (χ3n) is 3.46. The van der Waals surface area contributed by atoms with E-state index in [4.69, 9.17) is 21.5 Å². The Hall–Kier alpha value is -2.22. The lowest BCUT2D eigenvalue weighted by Gasteiger charge is -2.13. The molecule has 0 aromatic heterocycles. The lowest BCUT2D eigenvalue weighted by Crippen LogP contribution is -2.24. The van der Waals surface area contributed by atoms with Crippen molar-refractivity contribution in [1.82, 2.24) is 0 Å². The SMILES string of the molecule is Cc1ccc(C(=O)[C@@H](C)OC(=O)c2ccc(Cl)c(S(N)(=O)=O)c2)cc1. The van der Waals surface area contributed by atoms with Crippen molar-refractivity contribution in [3.8, 4) is 0 Å². The van der Waals surface area contributed by atoms with E-state index in [-0.39, 0.29) is 21.3 Å². The normalized spacial score (nSPS) is 12.5. The van der Waals surface area contributed by atoms with Gasteiger partial charge < -0.3 is 4.74 Å². The topological polar surface area (TPSA) is 104 Å². The Bertz CT molecular complexity index is 923. The van der Waals surface area contributed by atoms with Crippen LogP contribution in [0.25, 0.3) is 0 Å². The highest BCUT2D eigenvalue weighted by Crippen LogP contribution is 2.22. The van der Waals surface area contributed by atoms with E-state index >= 15 is 0 Å². The third-order valence-corrected chi connectivity index (χ3v) is 4.86. The quantitative estimate of drug-likeness (QED) is 0.633. The summed E-state index contributed by atoms with van der Waals surface area (Å²) in [6, 6.07) is 10.4. The first-order chi connectivity index (χ1) is 11.6. The zero-order chi connectivity index (χ0) is 18.8. The molecule has 2 aromatic carbocycles. The van der Waals surface area contributed by atoms with Crippen LogP contribution in [-0.2, 0) is 14.8 Å². The van der Waals surface area contributed by atoms with E-state index in [1.807, 2.05) is 6.92 Å². The first-order valence-corrected chi connectivity index (χ1v) is 9.16. The van der Waals surface area contributed by atoms with Gasteiger partial charge in [0.2, 0.25) is 15.8 Å². The molecule has 0 saturated heterocycles. The predicted octanol–water partition coefficient (Wildman–Crippen LogP) is 2.72. The molecule has 2 aromatic rings. The van der Waals surface area contributed by atoms with E-state index in [0.717, 1.165) is 11.6 Å². The molecule has 0 spiro atoms. The number of carbonyl (C=O) groups excluding carboxylic acids is 2. The molecule has 0 saturated carbocycles. The number of Topliss-reactive ketones (excluding diaryl/α,β-unsaturated/α-hetero) is 1. The molecule has 0 aliphatic carbocycles. The Kier molecular flexibility index (Phi) is 5.62. The Morgan fingerprint density at radius 1 is 1.08 bits per heavy atom. The van der Waals surface area contributed by atoms with Crippen LogP contribution in [-0.4, -0.2) is 26.3 Å². The average molecular weight is 382 g/mol. The molecule has 0 heterocycles. The molecule has 25 heavy (non-hydrogen) atoms. The number of hydrogen-bond donors (Lipinski definition) is 1. The lowest BCUT2D eigenvalue weighted by atomic mass is 10.1. The summed E-state index contributed by atoms with van der Waals surface area (Å²) in [4.78, 5) is 24.1. The fourth-order valence-corrected chi connectivity index (χ4v) is 3.15. The van der Waals surface area contributed by atoms with Gasteiger partial charge in [-0.1, -0.05) is 41.4 Å². The second kappa shape index (κ2) is 7.35. The van der Waals surface area contributed by atoms with Gasteiger partial charge in [0.1, 0.15) is 4.90 Å². The van der Waals surface area contributed by atoms with Crippen molar-refractivity contribution in [2.75, 3.05) is 0 Å². The minimum atomic E-state index is -4.09. The Morgan fingerprint density at radius 3 is 2.20 bits per heavy atom. The number of hydrogen-bond acceptors (Lipinski definition) is 5. The second-order valence-corrected chi connectivity index (χ2v) is 7.41. The van der Waals surface area contributed by atoms with Crippen LogP contribution in [0, 0.1) is 6.92 Å². The van der Waals surface area contributed by atoms with Crippen LogP contribution >= 0.6 is 11.6 Å². The van der Waals surface area contributed by atoms with Crippen LogP contribution in [0.4, 0.5) is 0 Å². The zero-order valence-corrected chi connectivity index (χ0v) is 15.1. The largest absolute Gasteiger partial charge is 0.451 e. The van der Waals surface area contributed by atoms with Gasteiger partial charge in [-0.2, -0.15) is 0 Å². The van der Waals surface area contributed by atoms with E-state index < -0.39 is 22.1 Å². The molecule has 2 N–H and O–H groups in total. The number of sulfonamides is 1. The Balaban J connectivity index is 2.19. The molecule has 0 bridgehead atoms.